The van der Waals surface area contributed by atoms with Crippen LogP contribution in [-0.4, -0.2) is 12.1 Å². The average molecular weight is 244 g/mol. The number of hydrogen-bond acceptors (Lipinski definition) is 2. The molecule has 0 bridgehead atoms. The van der Waals surface area contributed by atoms with E-state index in [9.17, 15) is 0 Å². The van der Waals surface area contributed by atoms with Crippen LogP contribution < -0.4 is 5.32 Å². The van der Waals surface area contributed by atoms with Gasteiger partial charge in [-0.05, 0) is 51.6 Å². The van der Waals surface area contributed by atoms with Gasteiger partial charge in [0.1, 0.15) is 0 Å². The van der Waals surface area contributed by atoms with E-state index >= 15 is 0 Å². The van der Waals surface area contributed by atoms with Gasteiger partial charge in [0, 0.05) is 15.8 Å². The van der Waals surface area contributed by atoms with Gasteiger partial charge in [-0.2, -0.15) is 0 Å². The topological polar surface area (TPSA) is 12.0 Å². The minimum absolute atomic E-state index is 0.236. The highest BCUT2D eigenvalue weighted by atomic mass is 35.5. The monoisotopic (exact) mass is 243 g/mol. The summed E-state index contributed by atoms with van der Waals surface area (Å²) in [5.41, 5.74) is 0.236. The fourth-order valence-corrected chi connectivity index (χ4v) is 3.07. The van der Waals surface area contributed by atoms with Crippen LogP contribution in [-0.2, 0) is 0 Å². The summed E-state index contributed by atoms with van der Waals surface area (Å²) in [5, 5.41) is 6.49. The molecule has 1 N–H and O–H groups in total. The molecule has 1 aromatic rings. The summed E-state index contributed by atoms with van der Waals surface area (Å²) in [4.78, 5) is 1.46. The van der Waals surface area contributed by atoms with E-state index in [1.54, 1.807) is 11.3 Å². The van der Waals surface area contributed by atoms with Crippen molar-refractivity contribution in [2.75, 3.05) is 6.54 Å². The van der Waals surface area contributed by atoms with Crippen LogP contribution in [0.3, 0.4) is 0 Å². The van der Waals surface area contributed by atoms with Crippen molar-refractivity contribution in [3.05, 3.63) is 21.3 Å². The predicted molar refractivity (Wildman–Crippen MR) is 67.9 cm³/mol. The lowest BCUT2D eigenvalue weighted by Gasteiger charge is -2.20. The number of halogens is 1. The Kier molecular flexibility index (Phi) is 3.11. The molecule has 0 aliphatic heterocycles. The second-order valence-electron chi connectivity index (χ2n) is 5.40. The van der Waals surface area contributed by atoms with Crippen LogP contribution in [0.25, 0.3) is 0 Å². The second kappa shape index (κ2) is 4.08. The van der Waals surface area contributed by atoms with Crippen LogP contribution in [0, 0.1) is 5.92 Å². The maximum absolute atomic E-state index is 5.92. The largest absolute Gasteiger partial charge is 0.312 e. The van der Waals surface area contributed by atoms with Crippen LogP contribution >= 0.6 is 22.9 Å². The summed E-state index contributed by atoms with van der Waals surface area (Å²) in [5.74, 6) is 1.58. The highest BCUT2D eigenvalue weighted by Gasteiger charge is 2.39. The molecule has 2 rings (SSSR count). The molecular weight excluding hydrogens is 226 g/mol. The minimum Gasteiger partial charge on any atom is -0.312 e. The summed E-state index contributed by atoms with van der Waals surface area (Å²) >= 11 is 7.72. The smallest absolute Gasteiger partial charge is 0.0515 e. The molecule has 0 spiro atoms. The fourth-order valence-electron chi connectivity index (χ4n) is 1.78. The van der Waals surface area contributed by atoms with E-state index in [1.807, 2.05) is 5.38 Å². The van der Waals surface area contributed by atoms with E-state index in [0.717, 1.165) is 23.4 Å². The first-order chi connectivity index (χ1) is 6.96. The van der Waals surface area contributed by atoms with E-state index in [2.05, 4.69) is 32.2 Å². The summed E-state index contributed by atoms with van der Waals surface area (Å²) in [7, 11) is 0. The molecule has 2 unspecified atom stereocenters. The average Bonchev–Trinajstić information content (AvgIpc) is 2.77. The van der Waals surface area contributed by atoms with E-state index in [1.165, 1.54) is 11.3 Å². The van der Waals surface area contributed by atoms with Gasteiger partial charge < -0.3 is 5.32 Å². The van der Waals surface area contributed by atoms with E-state index in [4.69, 9.17) is 11.6 Å². The van der Waals surface area contributed by atoms with Crippen molar-refractivity contribution >= 4 is 22.9 Å². The zero-order valence-electron chi connectivity index (χ0n) is 9.51. The number of hydrogen-bond donors (Lipinski definition) is 1. The zero-order chi connectivity index (χ0) is 11.1. The molecular formula is C12H18ClNS. The number of rotatable bonds is 3. The first-order valence-corrected chi connectivity index (χ1v) is 6.70. The predicted octanol–water partition coefficient (Wildman–Crippen LogP) is 3.89. The maximum atomic E-state index is 5.92. The van der Waals surface area contributed by atoms with Crippen molar-refractivity contribution < 1.29 is 0 Å². The summed E-state index contributed by atoms with van der Waals surface area (Å²) in [6, 6.07) is 2.12. The van der Waals surface area contributed by atoms with Crippen LogP contribution in [0.1, 0.15) is 38.0 Å². The Hall–Kier alpha value is -0.0500. The first-order valence-electron chi connectivity index (χ1n) is 5.45. The van der Waals surface area contributed by atoms with Gasteiger partial charge >= 0.3 is 0 Å². The molecule has 1 aromatic heterocycles. The Morgan fingerprint density at radius 2 is 2.27 bits per heavy atom. The standard InChI is InChI=1S/C12H18ClNS/c1-12(2,3)14-6-8-4-10(8)11-5-9(13)7-15-11/h5,7-8,10,14H,4,6H2,1-3H3. The van der Waals surface area contributed by atoms with Crippen molar-refractivity contribution in [2.24, 2.45) is 5.92 Å². The molecule has 3 heteroatoms. The number of thiophene rings is 1. The molecule has 1 saturated carbocycles. The molecule has 1 heterocycles. The Morgan fingerprint density at radius 1 is 1.53 bits per heavy atom. The molecule has 0 amide bonds. The Morgan fingerprint density at radius 3 is 2.80 bits per heavy atom. The molecule has 1 fully saturated rings. The quantitative estimate of drug-likeness (QED) is 0.849. The lowest BCUT2D eigenvalue weighted by Crippen LogP contribution is -2.37. The van der Waals surface area contributed by atoms with E-state index in [0.29, 0.717) is 0 Å². The van der Waals surface area contributed by atoms with Gasteiger partial charge in [-0.3, -0.25) is 0 Å². The molecule has 2 atom stereocenters. The van der Waals surface area contributed by atoms with Gasteiger partial charge in [-0.15, -0.1) is 11.3 Å². The fraction of sp³-hybridized carbons (Fsp3) is 0.667. The molecule has 0 saturated heterocycles. The summed E-state index contributed by atoms with van der Waals surface area (Å²) < 4.78 is 0. The molecule has 1 nitrogen and oxygen atoms in total. The molecule has 1 aliphatic rings. The minimum atomic E-state index is 0.236. The van der Waals surface area contributed by atoms with Crippen molar-refractivity contribution in [2.45, 2.75) is 38.6 Å². The van der Waals surface area contributed by atoms with Crippen molar-refractivity contribution in [3.63, 3.8) is 0 Å². The van der Waals surface area contributed by atoms with Gasteiger partial charge in [0.2, 0.25) is 0 Å². The maximum Gasteiger partial charge on any atom is 0.0515 e. The highest BCUT2D eigenvalue weighted by Crippen LogP contribution is 2.49. The summed E-state index contributed by atoms with van der Waals surface area (Å²) in [6.45, 7) is 7.77. The van der Waals surface area contributed by atoms with Crippen molar-refractivity contribution in [1.82, 2.24) is 5.32 Å². The first kappa shape index (κ1) is 11.4. The normalized spacial score (nSPS) is 25.6. The Bertz CT molecular complexity index is 340. The van der Waals surface area contributed by atoms with Crippen molar-refractivity contribution in [3.8, 4) is 0 Å². The van der Waals surface area contributed by atoms with Gasteiger partial charge in [0.05, 0.1) is 5.02 Å². The third-order valence-corrected chi connectivity index (χ3v) is 4.18. The van der Waals surface area contributed by atoms with Gasteiger partial charge in [-0.25, -0.2) is 0 Å². The lowest BCUT2D eigenvalue weighted by atomic mass is 10.1. The van der Waals surface area contributed by atoms with Crippen molar-refractivity contribution in [1.29, 1.82) is 0 Å². The molecule has 15 heavy (non-hydrogen) atoms. The highest BCUT2D eigenvalue weighted by molar-refractivity contribution is 7.10. The van der Waals surface area contributed by atoms with Gasteiger partial charge in [0.15, 0.2) is 0 Å². The third-order valence-electron chi connectivity index (χ3n) is 2.77. The van der Waals surface area contributed by atoms with E-state index in [-0.39, 0.29) is 5.54 Å². The van der Waals surface area contributed by atoms with Crippen LogP contribution in [0.5, 0.6) is 0 Å². The molecule has 1 aliphatic carbocycles. The second-order valence-corrected chi connectivity index (χ2v) is 6.78. The van der Waals surface area contributed by atoms with Gasteiger partial charge in [0.25, 0.3) is 0 Å². The third kappa shape index (κ3) is 3.20. The van der Waals surface area contributed by atoms with Crippen LogP contribution in [0.4, 0.5) is 0 Å². The van der Waals surface area contributed by atoms with Crippen LogP contribution in [0.2, 0.25) is 5.02 Å². The SMILES string of the molecule is CC(C)(C)NCC1CC1c1cc(Cl)cs1. The van der Waals surface area contributed by atoms with Gasteiger partial charge in [-0.1, -0.05) is 11.6 Å². The zero-order valence-corrected chi connectivity index (χ0v) is 11.1. The Balaban J connectivity index is 1.81. The summed E-state index contributed by atoms with van der Waals surface area (Å²) in [6.07, 6.45) is 1.32. The Labute approximate surface area is 101 Å². The molecule has 84 valence electrons. The van der Waals surface area contributed by atoms with E-state index < -0.39 is 0 Å². The van der Waals surface area contributed by atoms with Crippen LogP contribution in [0.15, 0.2) is 11.4 Å². The lowest BCUT2D eigenvalue weighted by molar-refractivity contribution is 0.414. The molecule has 0 aromatic carbocycles. The molecule has 0 radical (unpaired) electrons. The number of nitrogens with one attached hydrogen (secondary N) is 1.